The Kier molecular flexibility index (Phi) is 7.28. The molecule has 1 N–H and O–H groups in total. The fourth-order valence-corrected chi connectivity index (χ4v) is 4.81. The van der Waals surface area contributed by atoms with E-state index >= 15 is 0 Å². The van der Waals surface area contributed by atoms with Gasteiger partial charge in [-0.1, -0.05) is 29.8 Å². The first-order valence-electron chi connectivity index (χ1n) is 12.8. The van der Waals surface area contributed by atoms with Crippen molar-refractivity contribution in [3.8, 4) is 5.69 Å². The van der Waals surface area contributed by atoms with E-state index in [0.29, 0.717) is 11.4 Å². The molecule has 5 rings (SSSR count). The molecule has 0 aliphatic carbocycles. The van der Waals surface area contributed by atoms with Gasteiger partial charge in [0.25, 0.3) is 5.91 Å². The average Bonchev–Trinajstić information content (AvgIpc) is 3.30. The number of carbonyl (C=O) groups is 1. The normalized spacial score (nSPS) is 14.1. The number of nitrogens with one attached hydrogen (secondary N) is 1. The maximum atomic E-state index is 13.3. The molecule has 0 saturated carbocycles. The molecule has 2 aromatic carbocycles. The van der Waals surface area contributed by atoms with Crippen molar-refractivity contribution >= 4 is 17.3 Å². The molecule has 1 saturated heterocycles. The van der Waals surface area contributed by atoms with Crippen LogP contribution in [0.2, 0.25) is 0 Å². The van der Waals surface area contributed by atoms with Crippen LogP contribution in [0, 0.1) is 20.8 Å². The van der Waals surface area contributed by atoms with E-state index in [4.69, 9.17) is 0 Å². The van der Waals surface area contributed by atoms with Crippen LogP contribution in [0.4, 0.5) is 11.4 Å². The van der Waals surface area contributed by atoms with Crippen molar-refractivity contribution in [2.24, 2.45) is 0 Å². The molecule has 0 radical (unpaired) electrons. The predicted octanol–water partition coefficient (Wildman–Crippen LogP) is 4.20. The van der Waals surface area contributed by atoms with Gasteiger partial charge >= 0.3 is 0 Å². The summed E-state index contributed by atoms with van der Waals surface area (Å²) in [6.07, 6.45) is 4.73. The van der Waals surface area contributed by atoms with Gasteiger partial charge in [0.2, 0.25) is 0 Å². The average molecular weight is 496 g/mol. The summed E-state index contributed by atoms with van der Waals surface area (Å²) in [4.78, 5) is 23.8. The maximum absolute atomic E-state index is 13.3. The molecule has 1 aliphatic heterocycles. The molecular formula is C29H33N7O. The number of aromatic nitrogens is 4. The van der Waals surface area contributed by atoms with Crippen molar-refractivity contribution in [2.75, 3.05) is 42.9 Å². The zero-order valence-electron chi connectivity index (χ0n) is 21.7. The first-order chi connectivity index (χ1) is 18.0. The Morgan fingerprint density at radius 2 is 1.65 bits per heavy atom. The van der Waals surface area contributed by atoms with Gasteiger partial charge in [0.15, 0.2) is 5.69 Å². The number of piperazine rings is 1. The molecule has 0 bridgehead atoms. The van der Waals surface area contributed by atoms with Crippen LogP contribution in [0.5, 0.6) is 0 Å². The van der Waals surface area contributed by atoms with Crippen molar-refractivity contribution in [3.05, 3.63) is 95.1 Å². The van der Waals surface area contributed by atoms with Gasteiger partial charge in [0, 0.05) is 45.1 Å². The van der Waals surface area contributed by atoms with E-state index in [1.165, 1.54) is 11.1 Å². The van der Waals surface area contributed by atoms with E-state index in [1.54, 1.807) is 4.80 Å². The highest BCUT2D eigenvalue weighted by Gasteiger charge is 2.22. The van der Waals surface area contributed by atoms with E-state index in [-0.39, 0.29) is 5.91 Å². The van der Waals surface area contributed by atoms with E-state index in [9.17, 15) is 4.79 Å². The largest absolute Gasteiger partial charge is 0.367 e. The van der Waals surface area contributed by atoms with Crippen molar-refractivity contribution in [2.45, 2.75) is 27.2 Å². The zero-order chi connectivity index (χ0) is 25.8. The van der Waals surface area contributed by atoms with Crippen LogP contribution in [0.15, 0.2) is 67.0 Å². The fraction of sp³-hybridized carbons (Fsp3) is 0.310. The van der Waals surface area contributed by atoms with Gasteiger partial charge in [-0.2, -0.15) is 9.90 Å². The van der Waals surface area contributed by atoms with Gasteiger partial charge in [0.05, 0.1) is 22.8 Å². The van der Waals surface area contributed by atoms with Crippen LogP contribution in [-0.4, -0.2) is 63.5 Å². The molecule has 2 aromatic heterocycles. The molecule has 190 valence electrons. The first-order valence-corrected chi connectivity index (χ1v) is 12.8. The standard InChI is InChI=1S/C29H33N7O/c1-21-8-9-26(22(2)20-21)36-32-23(3)28(33-36)29(37)31-25-6-4-5-7-27(25)35-18-16-34(17-19-35)15-12-24-10-13-30-14-11-24/h4-11,13-14,20H,12,15-19H2,1-3H3,(H,31,37). The third kappa shape index (κ3) is 5.70. The number of para-hydroxylation sites is 2. The zero-order valence-corrected chi connectivity index (χ0v) is 21.7. The van der Waals surface area contributed by atoms with Gasteiger partial charge in [-0.15, -0.1) is 5.10 Å². The number of nitrogens with zero attached hydrogens (tertiary/aromatic N) is 6. The lowest BCUT2D eigenvalue weighted by atomic mass is 10.1. The molecular weight excluding hydrogens is 462 g/mol. The van der Waals surface area contributed by atoms with Crippen molar-refractivity contribution in [1.82, 2.24) is 24.9 Å². The lowest BCUT2D eigenvalue weighted by molar-refractivity contribution is 0.102. The molecule has 1 fully saturated rings. The number of benzene rings is 2. The fourth-order valence-electron chi connectivity index (χ4n) is 4.81. The van der Waals surface area contributed by atoms with Crippen molar-refractivity contribution < 1.29 is 4.79 Å². The molecule has 37 heavy (non-hydrogen) atoms. The summed E-state index contributed by atoms with van der Waals surface area (Å²) in [5, 5.41) is 12.1. The van der Waals surface area contributed by atoms with Crippen LogP contribution in [0.25, 0.3) is 5.69 Å². The Hall–Kier alpha value is -4.04. The van der Waals surface area contributed by atoms with Crippen molar-refractivity contribution in [1.29, 1.82) is 0 Å². The Bertz CT molecular complexity index is 1370. The predicted molar refractivity (Wildman–Crippen MR) is 147 cm³/mol. The number of carbonyl (C=O) groups excluding carboxylic acids is 1. The minimum Gasteiger partial charge on any atom is -0.367 e. The smallest absolute Gasteiger partial charge is 0.278 e. The Labute approximate surface area is 217 Å². The van der Waals surface area contributed by atoms with Crippen LogP contribution >= 0.6 is 0 Å². The molecule has 0 spiro atoms. The summed E-state index contributed by atoms with van der Waals surface area (Å²) < 4.78 is 0. The summed E-state index contributed by atoms with van der Waals surface area (Å²) >= 11 is 0. The van der Waals surface area contributed by atoms with E-state index < -0.39 is 0 Å². The second kappa shape index (κ2) is 10.9. The van der Waals surface area contributed by atoms with Crippen molar-refractivity contribution in [3.63, 3.8) is 0 Å². The quantitative estimate of drug-likeness (QED) is 0.414. The highest BCUT2D eigenvalue weighted by Crippen LogP contribution is 2.27. The molecule has 4 aromatic rings. The van der Waals surface area contributed by atoms with Gasteiger partial charge in [-0.05, 0) is 68.7 Å². The van der Waals surface area contributed by atoms with Gasteiger partial charge in [-0.25, -0.2) is 0 Å². The number of anilines is 2. The molecule has 1 amide bonds. The summed E-state index contributed by atoms with van der Waals surface area (Å²) in [5.74, 6) is -0.253. The summed E-state index contributed by atoms with van der Waals surface area (Å²) in [6.45, 7) is 10.7. The molecule has 0 atom stereocenters. The van der Waals surface area contributed by atoms with Gasteiger partial charge in [0.1, 0.15) is 0 Å². The third-order valence-electron chi connectivity index (χ3n) is 6.90. The lowest BCUT2D eigenvalue weighted by Gasteiger charge is -2.37. The summed E-state index contributed by atoms with van der Waals surface area (Å²) in [7, 11) is 0. The Morgan fingerprint density at radius 3 is 2.41 bits per heavy atom. The number of aryl methyl sites for hydroxylation is 3. The van der Waals surface area contributed by atoms with Crippen LogP contribution in [0.3, 0.4) is 0 Å². The van der Waals surface area contributed by atoms with Gasteiger partial charge < -0.3 is 10.2 Å². The third-order valence-corrected chi connectivity index (χ3v) is 6.90. The monoisotopic (exact) mass is 495 g/mol. The SMILES string of the molecule is Cc1ccc(-n2nc(C)c(C(=O)Nc3ccccc3N3CCN(CCc4ccncc4)CC3)n2)c(C)c1. The number of pyridine rings is 1. The first kappa shape index (κ1) is 24.6. The molecule has 8 nitrogen and oxygen atoms in total. The molecule has 3 heterocycles. The molecule has 0 unspecified atom stereocenters. The number of hydrogen-bond donors (Lipinski definition) is 1. The van der Waals surface area contributed by atoms with E-state index in [2.05, 4.69) is 61.5 Å². The Balaban J connectivity index is 1.25. The topological polar surface area (TPSA) is 79.2 Å². The van der Waals surface area contributed by atoms with Crippen LogP contribution < -0.4 is 10.2 Å². The lowest BCUT2D eigenvalue weighted by Crippen LogP contribution is -2.47. The van der Waals surface area contributed by atoms with E-state index in [1.807, 2.05) is 56.6 Å². The van der Waals surface area contributed by atoms with Crippen LogP contribution in [-0.2, 0) is 6.42 Å². The second-order valence-corrected chi connectivity index (χ2v) is 9.62. The molecule has 1 aliphatic rings. The Morgan fingerprint density at radius 1 is 0.892 bits per heavy atom. The maximum Gasteiger partial charge on any atom is 0.278 e. The number of rotatable bonds is 7. The highest BCUT2D eigenvalue weighted by molar-refractivity contribution is 6.05. The number of hydrogen-bond acceptors (Lipinski definition) is 6. The second-order valence-electron chi connectivity index (χ2n) is 9.62. The summed E-state index contributed by atoms with van der Waals surface area (Å²) in [5.41, 5.74) is 7.17. The number of amides is 1. The van der Waals surface area contributed by atoms with Crippen LogP contribution in [0.1, 0.15) is 32.9 Å². The minimum atomic E-state index is -0.253. The highest BCUT2D eigenvalue weighted by atomic mass is 16.2. The van der Waals surface area contributed by atoms with E-state index in [0.717, 1.165) is 61.8 Å². The minimum absolute atomic E-state index is 0.253. The van der Waals surface area contributed by atoms with Gasteiger partial charge in [-0.3, -0.25) is 14.7 Å². The summed E-state index contributed by atoms with van der Waals surface area (Å²) in [6, 6.07) is 18.2. The molecule has 8 heteroatoms.